The van der Waals surface area contributed by atoms with E-state index in [-0.39, 0.29) is 18.3 Å². The number of benzene rings is 1. The number of carbonyl (C=O) groups is 1. The van der Waals surface area contributed by atoms with Crippen molar-refractivity contribution in [2.24, 2.45) is 5.73 Å². The van der Waals surface area contributed by atoms with Crippen molar-refractivity contribution < 1.29 is 4.79 Å². The minimum absolute atomic E-state index is 0. The summed E-state index contributed by atoms with van der Waals surface area (Å²) in [4.78, 5) is 11.6. The van der Waals surface area contributed by atoms with Crippen molar-refractivity contribution in [1.82, 2.24) is 5.32 Å². The molecule has 0 radical (unpaired) electrons. The van der Waals surface area contributed by atoms with Gasteiger partial charge in [-0.2, -0.15) is 0 Å². The Morgan fingerprint density at radius 3 is 2.80 bits per heavy atom. The lowest BCUT2D eigenvalue weighted by molar-refractivity contribution is 0.0951. The number of nitrogens with two attached hydrogens (primary N) is 1. The van der Waals surface area contributed by atoms with E-state index in [2.05, 4.69) is 5.32 Å². The molecule has 3 nitrogen and oxygen atoms in total. The van der Waals surface area contributed by atoms with Gasteiger partial charge in [-0.1, -0.05) is 12.1 Å². The molecule has 1 fully saturated rings. The Kier molecular flexibility index (Phi) is 4.12. The Morgan fingerprint density at radius 1 is 1.47 bits per heavy atom. The second-order valence-electron chi connectivity index (χ2n) is 3.65. The maximum Gasteiger partial charge on any atom is 0.251 e. The van der Waals surface area contributed by atoms with Crippen LogP contribution in [0.1, 0.15) is 28.8 Å². The monoisotopic (exact) mass is 226 g/mol. The van der Waals surface area contributed by atoms with Gasteiger partial charge in [0.25, 0.3) is 5.91 Å². The number of amides is 1. The van der Waals surface area contributed by atoms with Crippen molar-refractivity contribution in [2.45, 2.75) is 25.4 Å². The average molecular weight is 227 g/mol. The van der Waals surface area contributed by atoms with Gasteiger partial charge >= 0.3 is 0 Å². The Balaban J connectivity index is 0.00000112. The maximum absolute atomic E-state index is 11.6. The van der Waals surface area contributed by atoms with Gasteiger partial charge in [-0.3, -0.25) is 4.79 Å². The van der Waals surface area contributed by atoms with Gasteiger partial charge in [-0.15, -0.1) is 12.4 Å². The molecule has 0 aliphatic heterocycles. The van der Waals surface area contributed by atoms with Gasteiger partial charge < -0.3 is 11.1 Å². The first kappa shape index (κ1) is 12.0. The molecule has 0 bridgehead atoms. The summed E-state index contributed by atoms with van der Waals surface area (Å²) in [5, 5.41) is 2.94. The molecule has 82 valence electrons. The number of hydrogen-bond acceptors (Lipinski definition) is 2. The average Bonchev–Trinajstić information content (AvgIpc) is 3.02. The topological polar surface area (TPSA) is 55.1 Å². The van der Waals surface area contributed by atoms with E-state index < -0.39 is 0 Å². The molecule has 2 rings (SSSR count). The third-order valence-electron chi connectivity index (χ3n) is 2.34. The van der Waals surface area contributed by atoms with Gasteiger partial charge in [0, 0.05) is 18.2 Å². The van der Waals surface area contributed by atoms with Crippen molar-refractivity contribution >= 4 is 18.3 Å². The summed E-state index contributed by atoms with van der Waals surface area (Å²) in [6.45, 7) is 0.477. The Bertz CT molecular complexity index is 350. The molecule has 1 aliphatic carbocycles. The lowest BCUT2D eigenvalue weighted by Gasteiger charge is -2.04. The van der Waals surface area contributed by atoms with Crippen LogP contribution in [0.5, 0.6) is 0 Å². The maximum atomic E-state index is 11.6. The summed E-state index contributed by atoms with van der Waals surface area (Å²) < 4.78 is 0. The molecule has 3 N–H and O–H groups in total. The van der Waals surface area contributed by atoms with Crippen molar-refractivity contribution in [3.8, 4) is 0 Å². The van der Waals surface area contributed by atoms with Crippen LogP contribution in [0.2, 0.25) is 0 Å². The highest BCUT2D eigenvalue weighted by Crippen LogP contribution is 2.19. The number of rotatable bonds is 3. The Labute approximate surface area is 95.5 Å². The standard InChI is InChI=1S/C11H14N2O.ClH/c12-7-8-2-1-3-9(6-8)11(14)13-10-4-5-10;/h1-3,6,10H,4-5,7,12H2,(H,13,14);1H. The first-order chi connectivity index (χ1) is 6.79. The number of halogens is 1. The molecule has 0 unspecified atom stereocenters. The van der Waals surface area contributed by atoms with E-state index in [1.54, 1.807) is 0 Å². The van der Waals surface area contributed by atoms with Gasteiger partial charge in [-0.25, -0.2) is 0 Å². The zero-order chi connectivity index (χ0) is 9.97. The summed E-state index contributed by atoms with van der Waals surface area (Å²) in [5.41, 5.74) is 7.20. The van der Waals surface area contributed by atoms with Crippen molar-refractivity contribution in [3.63, 3.8) is 0 Å². The van der Waals surface area contributed by atoms with Crippen LogP contribution in [-0.4, -0.2) is 11.9 Å². The van der Waals surface area contributed by atoms with Crippen LogP contribution >= 0.6 is 12.4 Å². The third kappa shape index (κ3) is 3.22. The Hall–Kier alpha value is -1.06. The van der Waals surface area contributed by atoms with Gasteiger partial charge in [0.05, 0.1) is 0 Å². The van der Waals surface area contributed by atoms with Crippen LogP contribution < -0.4 is 11.1 Å². The second kappa shape index (κ2) is 5.14. The van der Waals surface area contributed by atoms with E-state index in [1.165, 1.54) is 0 Å². The number of nitrogens with one attached hydrogen (secondary N) is 1. The molecule has 0 atom stereocenters. The second-order valence-corrected chi connectivity index (χ2v) is 3.65. The molecule has 0 aromatic heterocycles. The molecule has 1 aromatic carbocycles. The predicted molar refractivity (Wildman–Crippen MR) is 62.1 cm³/mol. The molecule has 0 saturated heterocycles. The van der Waals surface area contributed by atoms with Crippen LogP contribution in [0.3, 0.4) is 0 Å². The number of carbonyl (C=O) groups excluding carboxylic acids is 1. The van der Waals surface area contributed by atoms with E-state index in [9.17, 15) is 4.79 Å². The van der Waals surface area contributed by atoms with E-state index in [0.29, 0.717) is 18.2 Å². The van der Waals surface area contributed by atoms with Gasteiger partial charge in [-0.05, 0) is 30.5 Å². The van der Waals surface area contributed by atoms with Crippen LogP contribution in [-0.2, 0) is 6.54 Å². The summed E-state index contributed by atoms with van der Waals surface area (Å²) in [7, 11) is 0. The van der Waals surface area contributed by atoms with E-state index >= 15 is 0 Å². The summed E-state index contributed by atoms with van der Waals surface area (Å²) in [6, 6.07) is 7.86. The molecule has 1 aromatic rings. The van der Waals surface area contributed by atoms with Crippen molar-refractivity contribution in [3.05, 3.63) is 35.4 Å². The highest BCUT2D eigenvalue weighted by Gasteiger charge is 2.23. The summed E-state index contributed by atoms with van der Waals surface area (Å²) in [5.74, 6) is 0.0165. The number of hydrogen-bond donors (Lipinski definition) is 2. The van der Waals surface area contributed by atoms with Crippen LogP contribution in [0.25, 0.3) is 0 Å². The quantitative estimate of drug-likeness (QED) is 0.820. The van der Waals surface area contributed by atoms with Gasteiger partial charge in [0.2, 0.25) is 0 Å². The molecule has 15 heavy (non-hydrogen) atoms. The summed E-state index contributed by atoms with van der Waals surface area (Å²) in [6.07, 6.45) is 2.23. The highest BCUT2D eigenvalue weighted by molar-refractivity contribution is 5.94. The first-order valence-corrected chi connectivity index (χ1v) is 4.89. The third-order valence-corrected chi connectivity index (χ3v) is 2.34. The fraction of sp³-hybridized carbons (Fsp3) is 0.364. The summed E-state index contributed by atoms with van der Waals surface area (Å²) >= 11 is 0. The smallest absolute Gasteiger partial charge is 0.251 e. The molecular formula is C11H15ClN2O. The molecule has 4 heteroatoms. The van der Waals surface area contributed by atoms with Crippen LogP contribution in [0.4, 0.5) is 0 Å². The zero-order valence-electron chi connectivity index (χ0n) is 8.40. The SMILES string of the molecule is Cl.NCc1cccc(C(=O)NC2CC2)c1. The normalized spacial score (nSPS) is 14.2. The van der Waals surface area contributed by atoms with E-state index in [4.69, 9.17) is 5.73 Å². The molecule has 1 amide bonds. The van der Waals surface area contributed by atoms with E-state index in [0.717, 1.165) is 18.4 Å². The zero-order valence-corrected chi connectivity index (χ0v) is 9.22. The van der Waals surface area contributed by atoms with Crippen molar-refractivity contribution in [1.29, 1.82) is 0 Å². The van der Waals surface area contributed by atoms with Gasteiger partial charge in [0.15, 0.2) is 0 Å². The molecular weight excluding hydrogens is 212 g/mol. The minimum atomic E-state index is 0. The lowest BCUT2D eigenvalue weighted by atomic mass is 10.1. The largest absolute Gasteiger partial charge is 0.349 e. The van der Waals surface area contributed by atoms with Crippen LogP contribution in [0, 0.1) is 0 Å². The highest BCUT2D eigenvalue weighted by atomic mass is 35.5. The Morgan fingerprint density at radius 2 is 2.20 bits per heavy atom. The van der Waals surface area contributed by atoms with Crippen molar-refractivity contribution in [2.75, 3.05) is 0 Å². The fourth-order valence-corrected chi connectivity index (χ4v) is 1.34. The van der Waals surface area contributed by atoms with Gasteiger partial charge in [0.1, 0.15) is 0 Å². The predicted octanol–water partition coefficient (Wildman–Crippen LogP) is 1.46. The molecule has 1 aliphatic rings. The molecule has 1 saturated carbocycles. The fourth-order valence-electron chi connectivity index (χ4n) is 1.34. The molecule has 0 spiro atoms. The minimum Gasteiger partial charge on any atom is -0.349 e. The lowest BCUT2D eigenvalue weighted by Crippen LogP contribution is -2.25. The van der Waals surface area contributed by atoms with Crippen LogP contribution in [0.15, 0.2) is 24.3 Å². The molecule has 0 heterocycles. The van der Waals surface area contributed by atoms with E-state index in [1.807, 2.05) is 24.3 Å². The first-order valence-electron chi connectivity index (χ1n) is 4.89.